The van der Waals surface area contributed by atoms with Crippen molar-refractivity contribution < 1.29 is 14.7 Å². The van der Waals surface area contributed by atoms with Gasteiger partial charge in [0.15, 0.2) is 6.04 Å². The number of aryl methyl sites for hydroxylation is 1. The van der Waals surface area contributed by atoms with Gasteiger partial charge in [0.05, 0.1) is 0 Å². The Hall–Kier alpha value is -1.88. The van der Waals surface area contributed by atoms with Gasteiger partial charge in [-0.1, -0.05) is 29.8 Å². The number of likely N-dealkylation sites (N-methyl/N-ethyl adjacent to an activating group) is 1. The molecule has 5 nitrogen and oxygen atoms in total. The van der Waals surface area contributed by atoms with Crippen LogP contribution in [-0.2, 0) is 16.0 Å². The van der Waals surface area contributed by atoms with Crippen molar-refractivity contribution >= 4 is 11.9 Å². The highest BCUT2D eigenvalue weighted by Crippen LogP contribution is 2.04. The molecule has 0 heterocycles. The molecule has 5 heteroatoms. The number of benzene rings is 1. The van der Waals surface area contributed by atoms with Crippen LogP contribution in [0.5, 0.6) is 0 Å². The smallest absolute Gasteiger partial charge is 0.330 e. The van der Waals surface area contributed by atoms with E-state index in [0.717, 1.165) is 5.56 Å². The molecule has 0 aliphatic heterocycles. The summed E-state index contributed by atoms with van der Waals surface area (Å²) in [4.78, 5) is 23.5. The molecular formula is C13H18N2O3. The average Bonchev–Trinajstić information content (AvgIpc) is 2.35. The number of carbonyl (C=O) groups is 2. The Kier molecular flexibility index (Phi) is 4.85. The molecule has 0 aliphatic rings. The van der Waals surface area contributed by atoms with Crippen molar-refractivity contribution in [2.75, 3.05) is 13.6 Å². The summed E-state index contributed by atoms with van der Waals surface area (Å²) in [5.41, 5.74) is 7.54. The van der Waals surface area contributed by atoms with Crippen LogP contribution in [0, 0.1) is 6.92 Å². The SMILES string of the molecule is Cc1ccc(CCN(C)C(=O)C(N)C(=O)O)cc1. The van der Waals surface area contributed by atoms with Crippen molar-refractivity contribution in [3.63, 3.8) is 0 Å². The number of amides is 1. The molecule has 98 valence electrons. The maximum absolute atomic E-state index is 11.6. The first-order valence-corrected chi connectivity index (χ1v) is 5.70. The fourth-order valence-electron chi connectivity index (χ4n) is 1.50. The molecule has 1 aromatic rings. The maximum Gasteiger partial charge on any atom is 0.330 e. The highest BCUT2D eigenvalue weighted by atomic mass is 16.4. The Morgan fingerprint density at radius 2 is 1.89 bits per heavy atom. The normalized spacial score (nSPS) is 11.9. The van der Waals surface area contributed by atoms with E-state index >= 15 is 0 Å². The Balaban J connectivity index is 2.50. The minimum absolute atomic E-state index is 0.447. The quantitative estimate of drug-likeness (QED) is 0.741. The van der Waals surface area contributed by atoms with Crippen molar-refractivity contribution in [3.05, 3.63) is 35.4 Å². The number of carboxylic acid groups (broad SMARTS) is 1. The molecule has 0 saturated heterocycles. The zero-order valence-corrected chi connectivity index (χ0v) is 10.6. The van der Waals surface area contributed by atoms with Crippen molar-refractivity contribution in [2.24, 2.45) is 5.73 Å². The third kappa shape index (κ3) is 3.85. The van der Waals surface area contributed by atoms with Gasteiger partial charge in [0.25, 0.3) is 5.91 Å². The van der Waals surface area contributed by atoms with Crippen LogP contribution in [0.15, 0.2) is 24.3 Å². The minimum Gasteiger partial charge on any atom is -0.480 e. The van der Waals surface area contributed by atoms with E-state index in [-0.39, 0.29) is 0 Å². The molecule has 1 unspecified atom stereocenters. The second kappa shape index (κ2) is 6.16. The number of carbonyl (C=O) groups excluding carboxylic acids is 1. The van der Waals surface area contributed by atoms with Crippen molar-refractivity contribution in [1.82, 2.24) is 4.90 Å². The zero-order chi connectivity index (χ0) is 13.7. The highest BCUT2D eigenvalue weighted by molar-refractivity contribution is 6.00. The fraction of sp³-hybridized carbons (Fsp3) is 0.385. The van der Waals surface area contributed by atoms with Crippen LogP contribution in [0.3, 0.4) is 0 Å². The zero-order valence-electron chi connectivity index (χ0n) is 10.6. The molecular weight excluding hydrogens is 232 g/mol. The van der Waals surface area contributed by atoms with E-state index in [0.29, 0.717) is 13.0 Å². The molecule has 1 rings (SSSR count). The van der Waals surface area contributed by atoms with Gasteiger partial charge in [-0.15, -0.1) is 0 Å². The summed E-state index contributed by atoms with van der Waals surface area (Å²) in [7, 11) is 1.55. The molecule has 1 aromatic carbocycles. The van der Waals surface area contributed by atoms with Crippen LogP contribution in [0.4, 0.5) is 0 Å². The van der Waals surface area contributed by atoms with E-state index in [1.807, 2.05) is 31.2 Å². The van der Waals surface area contributed by atoms with Crippen LogP contribution in [-0.4, -0.2) is 41.5 Å². The lowest BCUT2D eigenvalue weighted by Crippen LogP contribution is -2.47. The van der Waals surface area contributed by atoms with Crippen LogP contribution in [0.25, 0.3) is 0 Å². The summed E-state index contributed by atoms with van der Waals surface area (Å²) >= 11 is 0. The first-order valence-electron chi connectivity index (χ1n) is 5.70. The molecule has 0 aliphatic carbocycles. The van der Waals surface area contributed by atoms with E-state index < -0.39 is 17.9 Å². The summed E-state index contributed by atoms with van der Waals surface area (Å²) in [6.45, 7) is 2.45. The summed E-state index contributed by atoms with van der Waals surface area (Å²) in [5, 5.41) is 8.64. The second-order valence-corrected chi connectivity index (χ2v) is 4.31. The lowest BCUT2D eigenvalue weighted by atomic mass is 10.1. The number of nitrogens with zero attached hydrogens (tertiary/aromatic N) is 1. The molecule has 0 saturated carbocycles. The number of hydrogen-bond acceptors (Lipinski definition) is 3. The fourth-order valence-corrected chi connectivity index (χ4v) is 1.50. The van der Waals surface area contributed by atoms with Gasteiger partial charge in [0, 0.05) is 13.6 Å². The van der Waals surface area contributed by atoms with Gasteiger partial charge in [-0.2, -0.15) is 0 Å². The Morgan fingerprint density at radius 3 is 2.39 bits per heavy atom. The average molecular weight is 250 g/mol. The van der Waals surface area contributed by atoms with E-state index in [9.17, 15) is 9.59 Å². The number of hydrogen-bond donors (Lipinski definition) is 2. The van der Waals surface area contributed by atoms with E-state index in [4.69, 9.17) is 10.8 Å². The van der Waals surface area contributed by atoms with Crippen LogP contribution < -0.4 is 5.73 Å². The predicted octanol–water partition coefficient (Wildman–Crippen LogP) is 0.408. The summed E-state index contributed by atoms with van der Waals surface area (Å²) in [6.07, 6.45) is 0.675. The number of rotatable bonds is 5. The largest absolute Gasteiger partial charge is 0.480 e. The maximum atomic E-state index is 11.6. The van der Waals surface area contributed by atoms with Crippen molar-refractivity contribution in [2.45, 2.75) is 19.4 Å². The third-order valence-corrected chi connectivity index (χ3v) is 2.76. The molecule has 0 fully saturated rings. The molecule has 1 amide bonds. The molecule has 0 radical (unpaired) electrons. The Bertz CT molecular complexity index is 428. The standard InChI is InChI=1S/C13H18N2O3/c1-9-3-5-10(6-4-9)7-8-15(2)12(16)11(14)13(17)18/h3-6,11H,7-8,14H2,1-2H3,(H,17,18). The second-order valence-electron chi connectivity index (χ2n) is 4.31. The molecule has 3 N–H and O–H groups in total. The van der Waals surface area contributed by atoms with Gasteiger partial charge in [-0.05, 0) is 18.9 Å². The third-order valence-electron chi connectivity index (χ3n) is 2.76. The van der Waals surface area contributed by atoms with Gasteiger partial charge in [-0.3, -0.25) is 4.79 Å². The summed E-state index contributed by atoms with van der Waals surface area (Å²) < 4.78 is 0. The monoisotopic (exact) mass is 250 g/mol. The van der Waals surface area contributed by atoms with E-state index in [1.54, 1.807) is 7.05 Å². The summed E-state index contributed by atoms with van der Waals surface area (Å²) in [5.74, 6) is -1.88. The van der Waals surface area contributed by atoms with Gasteiger partial charge in [0.1, 0.15) is 0 Å². The first kappa shape index (κ1) is 14.2. The number of nitrogens with two attached hydrogens (primary N) is 1. The van der Waals surface area contributed by atoms with Gasteiger partial charge in [-0.25, -0.2) is 4.79 Å². The van der Waals surface area contributed by atoms with E-state index in [2.05, 4.69) is 0 Å². The number of carboxylic acids is 1. The Labute approximate surface area is 106 Å². The molecule has 1 atom stereocenters. The molecule has 0 spiro atoms. The number of aliphatic carboxylic acids is 1. The first-order chi connectivity index (χ1) is 8.41. The van der Waals surface area contributed by atoms with Crippen molar-refractivity contribution in [1.29, 1.82) is 0 Å². The van der Waals surface area contributed by atoms with Gasteiger partial charge in [0.2, 0.25) is 0 Å². The van der Waals surface area contributed by atoms with Crippen molar-refractivity contribution in [3.8, 4) is 0 Å². The topological polar surface area (TPSA) is 83.6 Å². The van der Waals surface area contributed by atoms with Gasteiger partial charge >= 0.3 is 5.97 Å². The lowest BCUT2D eigenvalue weighted by Gasteiger charge is -2.19. The minimum atomic E-state index is -1.48. The van der Waals surface area contributed by atoms with Crippen LogP contribution in [0.1, 0.15) is 11.1 Å². The predicted molar refractivity (Wildman–Crippen MR) is 68.1 cm³/mol. The van der Waals surface area contributed by atoms with E-state index in [1.165, 1.54) is 10.5 Å². The van der Waals surface area contributed by atoms with Crippen LogP contribution >= 0.6 is 0 Å². The Morgan fingerprint density at radius 1 is 1.33 bits per heavy atom. The molecule has 0 aromatic heterocycles. The highest BCUT2D eigenvalue weighted by Gasteiger charge is 2.24. The van der Waals surface area contributed by atoms with Gasteiger partial charge < -0.3 is 15.7 Å². The molecule has 0 bridgehead atoms. The van der Waals surface area contributed by atoms with Crippen LogP contribution in [0.2, 0.25) is 0 Å². The molecule has 18 heavy (non-hydrogen) atoms. The lowest BCUT2D eigenvalue weighted by molar-refractivity contribution is -0.145. The summed E-state index contributed by atoms with van der Waals surface area (Å²) in [6, 6.07) is 6.50.